The summed E-state index contributed by atoms with van der Waals surface area (Å²) >= 11 is 0. The average Bonchev–Trinajstić information content (AvgIpc) is 3.30. The van der Waals surface area contributed by atoms with Gasteiger partial charge >= 0.3 is 6.16 Å². The molecule has 1 saturated carbocycles. The van der Waals surface area contributed by atoms with Crippen molar-refractivity contribution in [3.63, 3.8) is 0 Å². The molecule has 168 valence electrons. The van der Waals surface area contributed by atoms with Gasteiger partial charge in [0.05, 0.1) is 6.61 Å². The van der Waals surface area contributed by atoms with E-state index < -0.39 is 6.16 Å². The smallest absolute Gasteiger partial charge is 0.434 e. The zero-order valence-electron chi connectivity index (χ0n) is 18.4. The molecule has 31 heavy (non-hydrogen) atoms. The molecule has 1 aliphatic carbocycles. The fourth-order valence-electron chi connectivity index (χ4n) is 4.27. The second-order valence-corrected chi connectivity index (χ2v) is 8.25. The molecule has 1 aromatic carbocycles. The molecule has 3 rings (SSSR count). The molecule has 0 bridgehead atoms. The Balaban J connectivity index is 1.45. The lowest BCUT2D eigenvalue weighted by molar-refractivity contribution is -0.117. The van der Waals surface area contributed by atoms with E-state index in [2.05, 4.69) is 12.2 Å². The van der Waals surface area contributed by atoms with Gasteiger partial charge in [0.1, 0.15) is 5.75 Å². The number of nitrogens with zero attached hydrogens (tertiary/aromatic N) is 1. The number of hydrogen-bond acceptors (Lipinski definition) is 5. The maximum absolute atomic E-state index is 12.8. The Morgan fingerprint density at radius 1 is 1.06 bits per heavy atom. The third kappa shape index (κ3) is 6.57. The monoisotopic (exact) mass is 428 g/mol. The van der Waals surface area contributed by atoms with Crippen molar-refractivity contribution in [2.45, 2.75) is 58.4 Å². The van der Waals surface area contributed by atoms with Crippen molar-refractivity contribution >= 4 is 18.0 Å². The van der Waals surface area contributed by atoms with Gasteiger partial charge in [0.25, 0.3) is 5.91 Å². The number of allylic oxidation sites excluding steroid dienone is 1. The predicted molar refractivity (Wildman–Crippen MR) is 117 cm³/mol. The van der Waals surface area contributed by atoms with Crippen LogP contribution >= 0.6 is 0 Å². The molecule has 7 nitrogen and oxygen atoms in total. The fraction of sp³-hybridized carbons (Fsp3) is 0.542. The summed E-state index contributed by atoms with van der Waals surface area (Å²) in [6.07, 6.45) is 7.34. The molecule has 0 atom stereocenters. The van der Waals surface area contributed by atoms with Crippen LogP contribution in [0.1, 0.15) is 62.7 Å². The van der Waals surface area contributed by atoms with Crippen molar-refractivity contribution in [3.8, 4) is 5.75 Å². The van der Waals surface area contributed by atoms with Crippen molar-refractivity contribution in [1.29, 1.82) is 0 Å². The zero-order chi connectivity index (χ0) is 22.2. The molecule has 2 fully saturated rings. The van der Waals surface area contributed by atoms with Gasteiger partial charge in [0.2, 0.25) is 5.91 Å². The largest absolute Gasteiger partial charge is 0.513 e. The van der Waals surface area contributed by atoms with Gasteiger partial charge in [0.15, 0.2) is 0 Å². The molecular weight excluding hydrogens is 396 g/mol. The van der Waals surface area contributed by atoms with Crippen molar-refractivity contribution in [2.24, 2.45) is 5.92 Å². The van der Waals surface area contributed by atoms with Gasteiger partial charge in [-0.25, -0.2) is 4.79 Å². The molecule has 7 heteroatoms. The topological polar surface area (TPSA) is 84.9 Å². The summed E-state index contributed by atoms with van der Waals surface area (Å²) in [4.78, 5) is 38.3. The number of likely N-dealkylation sites (tertiary alicyclic amines) is 1. The molecule has 2 aliphatic rings. The lowest BCUT2D eigenvalue weighted by Crippen LogP contribution is -2.46. The Morgan fingerprint density at radius 2 is 1.71 bits per heavy atom. The summed E-state index contributed by atoms with van der Waals surface area (Å²) in [5, 5.41) is 3.09. The lowest BCUT2D eigenvalue weighted by atomic mass is 9.98. The van der Waals surface area contributed by atoms with Crippen LogP contribution in [0.2, 0.25) is 0 Å². The van der Waals surface area contributed by atoms with E-state index in [0.717, 1.165) is 12.8 Å². The molecule has 1 aliphatic heterocycles. The van der Waals surface area contributed by atoms with Crippen LogP contribution in [0, 0.1) is 5.92 Å². The predicted octanol–water partition coefficient (Wildman–Crippen LogP) is 4.08. The Bertz CT molecular complexity index is 804. The molecule has 0 aromatic heterocycles. The Labute approximate surface area is 183 Å². The van der Waals surface area contributed by atoms with E-state index in [0.29, 0.717) is 30.3 Å². The molecule has 1 N–H and O–H groups in total. The SMILES string of the molecule is CCOC(=O)Oc1ccc(C(=O)N2CCC(NC(=O)/C=C(\C)C3CCCC3)CC2)cc1. The third-order valence-corrected chi connectivity index (χ3v) is 6.05. The average molecular weight is 429 g/mol. The molecule has 0 spiro atoms. The number of benzene rings is 1. The Hall–Kier alpha value is -2.83. The maximum Gasteiger partial charge on any atom is 0.513 e. The molecule has 0 radical (unpaired) electrons. The fourth-order valence-corrected chi connectivity index (χ4v) is 4.27. The van der Waals surface area contributed by atoms with E-state index in [-0.39, 0.29) is 24.5 Å². The zero-order valence-corrected chi connectivity index (χ0v) is 18.4. The highest BCUT2D eigenvalue weighted by Crippen LogP contribution is 2.30. The first-order chi connectivity index (χ1) is 15.0. The molecule has 1 aromatic rings. The van der Waals surface area contributed by atoms with Crippen molar-refractivity contribution in [2.75, 3.05) is 19.7 Å². The first-order valence-corrected chi connectivity index (χ1v) is 11.2. The number of carbonyl (C=O) groups is 3. The second-order valence-electron chi connectivity index (χ2n) is 8.25. The molecule has 0 unspecified atom stereocenters. The van der Waals surface area contributed by atoms with E-state index >= 15 is 0 Å². The van der Waals surface area contributed by atoms with Crippen molar-refractivity contribution < 1.29 is 23.9 Å². The highest BCUT2D eigenvalue weighted by molar-refractivity contribution is 5.94. The highest BCUT2D eigenvalue weighted by atomic mass is 16.7. The summed E-state index contributed by atoms with van der Waals surface area (Å²) in [6, 6.07) is 6.53. The molecule has 1 heterocycles. The number of hydrogen-bond donors (Lipinski definition) is 1. The highest BCUT2D eigenvalue weighted by Gasteiger charge is 2.25. The number of rotatable bonds is 6. The standard InChI is InChI=1S/C24H32N2O5/c1-3-30-24(29)31-21-10-8-19(9-11-21)23(28)26-14-12-20(13-15-26)25-22(27)16-17(2)18-6-4-5-7-18/h8-11,16,18,20H,3-7,12-15H2,1-2H3,(H,25,27)/b17-16+. The third-order valence-electron chi connectivity index (χ3n) is 6.05. The van der Waals surface area contributed by atoms with E-state index in [1.54, 1.807) is 42.2 Å². The summed E-state index contributed by atoms with van der Waals surface area (Å²) in [7, 11) is 0. The summed E-state index contributed by atoms with van der Waals surface area (Å²) in [5.74, 6) is 0.799. The van der Waals surface area contributed by atoms with Crippen LogP contribution in [0.3, 0.4) is 0 Å². The van der Waals surface area contributed by atoms with Crippen LogP contribution in [0.4, 0.5) is 4.79 Å². The van der Waals surface area contributed by atoms with Gasteiger partial charge in [-0.05, 0) is 69.7 Å². The molecular formula is C24H32N2O5. The van der Waals surface area contributed by atoms with Crippen LogP contribution in [0.25, 0.3) is 0 Å². The molecule has 1 saturated heterocycles. The van der Waals surface area contributed by atoms with E-state index in [9.17, 15) is 14.4 Å². The first-order valence-electron chi connectivity index (χ1n) is 11.2. The molecule has 2 amide bonds. The van der Waals surface area contributed by atoms with Gasteiger partial charge in [-0.1, -0.05) is 18.4 Å². The minimum absolute atomic E-state index is 0.0219. The Morgan fingerprint density at radius 3 is 2.32 bits per heavy atom. The minimum atomic E-state index is -0.765. The van der Waals surface area contributed by atoms with E-state index in [1.165, 1.54) is 31.3 Å². The quantitative estimate of drug-likeness (QED) is 0.419. The van der Waals surface area contributed by atoms with Crippen molar-refractivity contribution in [1.82, 2.24) is 10.2 Å². The van der Waals surface area contributed by atoms with E-state index in [4.69, 9.17) is 9.47 Å². The van der Waals surface area contributed by atoms with Crippen LogP contribution in [-0.2, 0) is 9.53 Å². The normalized spacial score (nSPS) is 18.0. The van der Waals surface area contributed by atoms with Crippen molar-refractivity contribution in [3.05, 3.63) is 41.5 Å². The Kier molecular flexibility index (Phi) is 8.09. The summed E-state index contributed by atoms with van der Waals surface area (Å²) < 4.78 is 9.75. The van der Waals surface area contributed by atoms with Crippen LogP contribution in [-0.4, -0.2) is 48.6 Å². The van der Waals surface area contributed by atoms with Gasteiger partial charge in [-0.2, -0.15) is 0 Å². The second kappa shape index (κ2) is 11.0. The van der Waals surface area contributed by atoms with Gasteiger partial charge in [-0.15, -0.1) is 0 Å². The minimum Gasteiger partial charge on any atom is -0.434 e. The van der Waals surface area contributed by atoms with Crippen LogP contribution in [0.5, 0.6) is 5.75 Å². The summed E-state index contributed by atoms with van der Waals surface area (Å²) in [6.45, 7) is 5.18. The number of amides is 2. The van der Waals surface area contributed by atoms with Gasteiger partial charge in [-0.3, -0.25) is 9.59 Å². The summed E-state index contributed by atoms with van der Waals surface area (Å²) in [5.41, 5.74) is 1.71. The van der Waals surface area contributed by atoms with E-state index in [1.807, 2.05) is 0 Å². The number of ether oxygens (including phenoxy) is 2. The first kappa shape index (κ1) is 22.8. The maximum atomic E-state index is 12.8. The lowest BCUT2D eigenvalue weighted by Gasteiger charge is -2.32. The number of nitrogens with one attached hydrogen (secondary N) is 1. The number of carbonyl (C=O) groups excluding carboxylic acids is 3. The van der Waals surface area contributed by atoms with Gasteiger partial charge in [0, 0.05) is 30.8 Å². The number of piperidine rings is 1. The van der Waals surface area contributed by atoms with Gasteiger partial charge < -0.3 is 19.7 Å². The van der Waals surface area contributed by atoms with Crippen LogP contribution in [0.15, 0.2) is 35.9 Å². The van der Waals surface area contributed by atoms with Crippen LogP contribution < -0.4 is 10.1 Å².